The number of thiophene rings is 1. The summed E-state index contributed by atoms with van der Waals surface area (Å²) in [7, 11) is 1.73. The molecule has 4 heteroatoms. The Morgan fingerprint density at radius 2 is 1.48 bits per heavy atom. The molecule has 0 aliphatic rings. The highest BCUT2D eigenvalue weighted by atomic mass is 127. The van der Waals surface area contributed by atoms with Gasteiger partial charge in [-0.05, 0) is 97.4 Å². The lowest BCUT2D eigenvalue weighted by Crippen LogP contribution is -1.92. The van der Waals surface area contributed by atoms with E-state index in [2.05, 4.69) is 112 Å². The molecule has 0 spiro atoms. The van der Waals surface area contributed by atoms with E-state index < -0.39 is 0 Å². The van der Waals surface area contributed by atoms with E-state index in [1.54, 1.807) is 7.11 Å². The minimum absolute atomic E-state index is 0.952. The Balaban J connectivity index is 1.86. The molecule has 5 aromatic rings. The highest BCUT2D eigenvalue weighted by Gasteiger charge is 2.14. The van der Waals surface area contributed by atoms with Crippen molar-refractivity contribution in [3.63, 3.8) is 0 Å². The molecule has 4 aromatic carbocycles. The van der Waals surface area contributed by atoms with Gasteiger partial charge in [0.05, 0.1) is 14.3 Å². The quantitative estimate of drug-likeness (QED) is 0.189. The first-order valence-corrected chi connectivity index (χ1v) is 11.5. The Labute approximate surface area is 188 Å². The molecule has 132 valence electrons. The summed E-state index contributed by atoms with van der Waals surface area (Å²) in [6.07, 6.45) is 0. The Morgan fingerprint density at radius 1 is 0.778 bits per heavy atom. The number of benzene rings is 4. The molecular weight excluding hydrogens is 578 g/mol. The van der Waals surface area contributed by atoms with Crippen LogP contribution in [0.25, 0.3) is 42.1 Å². The van der Waals surface area contributed by atoms with E-state index in [0.29, 0.717) is 0 Å². The van der Waals surface area contributed by atoms with Crippen molar-refractivity contribution in [1.29, 1.82) is 0 Å². The second-order valence-electron chi connectivity index (χ2n) is 6.45. The topological polar surface area (TPSA) is 9.23 Å². The van der Waals surface area contributed by atoms with Crippen molar-refractivity contribution in [2.24, 2.45) is 0 Å². The van der Waals surface area contributed by atoms with Crippen molar-refractivity contribution < 1.29 is 4.74 Å². The van der Waals surface area contributed by atoms with E-state index in [9.17, 15) is 0 Å². The molecule has 0 unspecified atom stereocenters. The maximum atomic E-state index is 5.54. The summed E-state index contributed by atoms with van der Waals surface area (Å²) < 4.78 is 10.5. The lowest BCUT2D eigenvalue weighted by Gasteiger charge is -2.11. The number of rotatable bonds is 2. The number of hydrogen-bond acceptors (Lipinski definition) is 2. The molecule has 0 saturated heterocycles. The smallest absolute Gasteiger partial charge is 0.145 e. The Bertz CT molecular complexity index is 1310. The fourth-order valence-corrected chi connectivity index (χ4v) is 7.03. The van der Waals surface area contributed by atoms with E-state index in [-0.39, 0.29) is 0 Å². The van der Waals surface area contributed by atoms with Crippen LogP contribution in [0.4, 0.5) is 0 Å². The van der Waals surface area contributed by atoms with Crippen LogP contribution >= 0.6 is 56.5 Å². The maximum absolute atomic E-state index is 5.54. The Morgan fingerprint density at radius 3 is 2.19 bits per heavy atom. The maximum Gasteiger partial charge on any atom is 0.145 e. The third-order valence-corrected chi connectivity index (χ3v) is 7.60. The summed E-state index contributed by atoms with van der Waals surface area (Å²) in [4.78, 5) is 0. The second-order valence-corrected chi connectivity index (χ2v) is 9.86. The van der Waals surface area contributed by atoms with Crippen molar-refractivity contribution in [3.8, 4) is 16.9 Å². The van der Waals surface area contributed by atoms with Gasteiger partial charge < -0.3 is 4.74 Å². The molecule has 0 atom stereocenters. The highest BCUT2D eigenvalue weighted by Crippen LogP contribution is 2.43. The van der Waals surface area contributed by atoms with E-state index in [1.165, 1.54) is 42.1 Å². The van der Waals surface area contributed by atoms with Crippen molar-refractivity contribution in [2.75, 3.05) is 7.11 Å². The summed E-state index contributed by atoms with van der Waals surface area (Å²) in [6, 6.07) is 24.3. The molecule has 0 amide bonds. The third kappa shape index (κ3) is 2.93. The van der Waals surface area contributed by atoms with Crippen molar-refractivity contribution in [1.82, 2.24) is 0 Å². The highest BCUT2D eigenvalue weighted by molar-refractivity contribution is 14.1. The lowest BCUT2D eigenvalue weighted by atomic mass is 9.98. The normalized spacial score (nSPS) is 11.5. The molecule has 0 N–H and O–H groups in total. The van der Waals surface area contributed by atoms with Gasteiger partial charge in [-0.2, -0.15) is 0 Å². The standard InChI is InChI=1S/C23H14I2OS/c1-26-23-18(24)10-15(11-19(23)25)16-7-4-8-20-22(16)17-9-13-5-2-3-6-14(13)12-21(17)27-20/h2-12H,1H3. The molecule has 0 aliphatic heterocycles. The van der Waals surface area contributed by atoms with Crippen LogP contribution in [-0.4, -0.2) is 7.11 Å². The van der Waals surface area contributed by atoms with Crippen molar-refractivity contribution in [2.45, 2.75) is 0 Å². The number of hydrogen-bond donors (Lipinski definition) is 0. The second kappa shape index (κ2) is 6.90. The van der Waals surface area contributed by atoms with Gasteiger partial charge in [-0.25, -0.2) is 0 Å². The van der Waals surface area contributed by atoms with Gasteiger partial charge in [-0.3, -0.25) is 0 Å². The summed E-state index contributed by atoms with van der Waals surface area (Å²) >= 11 is 6.60. The third-order valence-electron chi connectivity index (χ3n) is 4.88. The van der Waals surface area contributed by atoms with E-state index >= 15 is 0 Å². The van der Waals surface area contributed by atoms with E-state index in [0.717, 1.165) is 12.9 Å². The zero-order valence-corrected chi connectivity index (χ0v) is 19.6. The molecule has 0 saturated carbocycles. The van der Waals surface area contributed by atoms with E-state index in [4.69, 9.17) is 4.74 Å². The van der Waals surface area contributed by atoms with Crippen molar-refractivity contribution in [3.05, 3.63) is 73.9 Å². The van der Waals surface area contributed by atoms with Gasteiger partial charge in [-0.15, -0.1) is 11.3 Å². The Hall–Kier alpha value is -1.38. The number of ether oxygens (including phenoxy) is 1. The fourth-order valence-electron chi connectivity index (χ4n) is 3.66. The molecule has 0 aliphatic carbocycles. The van der Waals surface area contributed by atoms with Gasteiger partial charge >= 0.3 is 0 Å². The average Bonchev–Trinajstić information content (AvgIpc) is 3.03. The minimum Gasteiger partial charge on any atom is -0.495 e. The zero-order valence-electron chi connectivity index (χ0n) is 14.4. The average molecular weight is 592 g/mol. The molecule has 0 radical (unpaired) electrons. The van der Waals surface area contributed by atoms with Gasteiger partial charge in [-0.1, -0.05) is 36.4 Å². The number of halogens is 2. The molecule has 1 heterocycles. The van der Waals surface area contributed by atoms with Gasteiger partial charge in [0.2, 0.25) is 0 Å². The first kappa shape index (κ1) is 17.7. The zero-order chi connectivity index (χ0) is 18.5. The molecule has 1 aromatic heterocycles. The van der Waals surface area contributed by atoms with Crippen LogP contribution in [0.15, 0.2) is 66.7 Å². The summed E-state index contributed by atoms with van der Waals surface area (Å²) in [5.41, 5.74) is 2.52. The molecule has 5 rings (SSSR count). The summed E-state index contributed by atoms with van der Waals surface area (Å²) in [5, 5.41) is 5.27. The van der Waals surface area contributed by atoms with Gasteiger partial charge in [0.15, 0.2) is 0 Å². The summed E-state index contributed by atoms with van der Waals surface area (Å²) in [5.74, 6) is 0.952. The molecule has 27 heavy (non-hydrogen) atoms. The largest absolute Gasteiger partial charge is 0.495 e. The predicted molar refractivity (Wildman–Crippen MR) is 134 cm³/mol. The van der Waals surface area contributed by atoms with Gasteiger partial charge in [0.1, 0.15) is 5.75 Å². The van der Waals surface area contributed by atoms with Crippen LogP contribution in [0.2, 0.25) is 0 Å². The first-order valence-electron chi connectivity index (χ1n) is 8.53. The van der Waals surface area contributed by atoms with Gasteiger partial charge in [0.25, 0.3) is 0 Å². The minimum atomic E-state index is 0.952. The SMILES string of the molecule is COc1c(I)cc(-c2cccc3sc4cc5ccccc5cc4c23)cc1I. The van der Waals surface area contributed by atoms with Crippen LogP contribution in [0.1, 0.15) is 0 Å². The molecule has 1 nitrogen and oxygen atoms in total. The number of fused-ring (bicyclic) bond motifs is 4. The monoisotopic (exact) mass is 592 g/mol. The van der Waals surface area contributed by atoms with Crippen LogP contribution in [0, 0.1) is 7.14 Å². The lowest BCUT2D eigenvalue weighted by molar-refractivity contribution is 0.409. The molecular formula is C23H14I2OS. The van der Waals surface area contributed by atoms with E-state index in [1.807, 2.05) is 11.3 Å². The van der Waals surface area contributed by atoms with Crippen molar-refractivity contribution >= 4 is 87.5 Å². The van der Waals surface area contributed by atoms with Gasteiger partial charge in [0, 0.05) is 20.2 Å². The fraction of sp³-hybridized carbons (Fsp3) is 0.0435. The Kier molecular flexibility index (Phi) is 4.52. The van der Waals surface area contributed by atoms with Crippen LogP contribution in [0.5, 0.6) is 5.75 Å². The first-order chi connectivity index (χ1) is 13.2. The predicted octanol–water partition coefficient (Wildman–Crippen LogP) is 8.09. The molecule has 0 fully saturated rings. The molecule has 0 bridgehead atoms. The van der Waals surface area contributed by atoms with Crippen LogP contribution in [0.3, 0.4) is 0 Å². The van der Waals surface area contributed by atoms with Crippen LogP contribution in [-0.2, 0) is 0 Å². The number of methoxy groups -OCH3 is 1. The van der Waals surface area contributed by atoms with Crippen LogP contribution < -0.4 is 4.74 Å². The summed E-state index contributed by atoms with van der Waals surface area (Å²) in [6.45, 7) is 0.